The molecule has 2 heterocycles. The molecule has 0 bridgehead atoms. The van der Waals surface area contributed by atoms with Crippen LogP contribution in [0.5, 0.6) is 0 Å². The van der Waals surface area contributed by atoms with Gasteiger partial charge in [0.15, 0.2) is 0 Å². The number of nitrogens with zero attached hydrogens (tertiary/aromatic N) is 1. The van der Waals surface area contributed by atoms with Crippen LogP contribution in [0.3, 0.4) is 0 Å². The van der Waals surface area contributed by atoms with Gasteiger partial charge in [0.05, 0.1) is 6.42 Å². The molecule has 26 heavy (non-hydrogen) atoms. The Hall–Kier alpha value is -2.57. The van der Waals surface area contributed by atoms with Crippen LogP contribution in [-0.2, 0) is 20.7 Å². The minimum Gasteiger partial charge on any atom is -0.460 e. The summed E-state index contributed by atoms with van der Waals surface area (Å²) in [5, 5.41) is 5.09. The molecule has 3 amide bonds. The number of benzene rings is 1. The molecule has 1 spiro atoms. The molecule has 0 aliphatic carbocycles. The Labute approximate surface area is 153 Å². The molecule has 1 aromatic carbocycles. The quantitative estimate of drug-likeness (QED) is 0.634. The normalized spacial score (nSPS) is 19.3. The Morgan fingerprint density at radius 2 is 1.92 bits per heavy atom. The molecule has 1 aromatic rings. The third-order valence-corrected chi connectivity index (χ3v) is 4.68. The summed E-state index contributed by atoms with van der Waals surface area (Å²) in [5.41, 5.74) is 0.624. The zero-order valence-electron chi connectivity index (χ0n) is 15.4. The van der Waals surface area contributed by atoms with Gasteiger partial charge in [-0.2, -0.15) is 0 Å². The molecular weight excluding hydrogens is 334 g/mol. The number of rotatable bonds is 3. The Kier molecular flexibility index (Phi) is 4.64. The van der Waals surface area contributed by atoms with E-state index in [1.165, 1.54) is 0 Å². The lowest BCUT2D eigenvalue weighted by Crippen LogP contribution is -2.54. The summed E-state index contributed by atoms with van der Waals surface area (Å²) in [7, 11) is 0. The van der Waals surface area contributed by atoms with E-state index in [2.05, 4.69) is 15.5 Å². The number of carbonyl (C=O) groups excluding carboxylic acids is 3. The van der Waals surface area contributed by atoms with Gasteiger partial charge in [-0.05, 0) is 51.3 Å². The number of carbonyl (C=O) groups is 3. The number of urea groups is 1. The smallest absolute Gasteiger partial charge is 0.322 e. The summed E-state index contributed by atoms with van der Waals surface area (Å²) >= 11 is 0. The monoisotopic (exact) mass is 359 g/mol. The summed E-state index contributed by atoms with van der Waals surface area (Å²) in [5.74, 6) is -0.488. The first-order valence-electron chi connectivity index (χ1n) is 8.86. The van der Waals surface area contributed by atoms with Crippen molar-refractivity contribution in [2.75, 3.05) is 18.0 Å². The highest BCUT2D eigenvalue weighted by Gasteiger charge is 2.47. The van der Waals surface area contributed by atoms with Gasteiger partial charge in [0.2, 0.25) is 0 Å². The first-order chi connectivity index (χ1) is 12.2. The zero-order valence-corrected chi connectivity index (χ0v) is 15.4. The summed E-state index contributed by atoms with van der Waals surface area (Å²) in [6.45, 7) is 6.86. The predicted octanol–water partition coefficient (Wildman–Crippen LogP) is 1.75. The molecule has 2 aliphatic heterocycles. The number of hydrogen-bond donors (Lipinski definition) is 2. The summed E-state index contributed by atoms with van der Waals surface area (Å²) in [4.78, 5) is 37.7. The molecule has 2 fully saturated rings. The molecule has 3 rings (SSSR count). The van der Waals surface area contributed by atoms with Gasteiger partial charge in [0, 0.05) is 18.8 Å². The van der Waals surface area contributed by atoms with Crippen LogP contribution in [0.2, 0.25) is 0 Å². The molecule has 7 nitrogen and oxygen atoms in total. The van der Waals surface area contributed by atoms with Crippen molar-refractivity contribution in [3.8, 4) is 0 Å². The zero-order chi connectivity index (χ0) is 18.9. The van der Waals surface area contributed by atoms with Crippen molar-refractivity contribution in [3.63, 3.8) is 0 Å². The average molecular weight is 359 g/mol. The van der Waals surface area contributed by atoms with E-state index in [0.29, 0.717) is 25.9 Å². The summed E-state index contributed by atoms with van der Waals surface area (Å²) in [6.07, 6.45) is 1.34. The third kappa shape index (κ3) is 3.98. The van der Waals surface area contributed by atoms with E-state index in [9.17, 15) is 14.4 Å². The maximum Gasteiger partial charge on any atom is 0.322 e. The first kappa shape index (κ1) is 18.2. The number of amides is 3. The van der Waals surface area contributed by atoms with Crippen LogP contribution < -0.4 is 15.5 Å². The first-order valence-corrected chi connectivity index (χ1v) is 8.86. The molecule has 140 valence electrons. The number of hydrogen-bond acceptors (Lipinski definition) is 5. The van der Waals surface area contributed by atoms with Crippen LogP contribution in [0, 0.1) is 0 Å². The van der Waals surface area contributed by atoms with E-state index in [1.807, 2.05) is 45.0 Å². The lowest BCUT2D eigenvalue weighted by molar-refractivity contribution is -0.153. The fourth-order valence-electron chi connectivity index (χ4n) is 3.43. The van der Waals surface area contributed by atoms with E-state index < -0.39 is 17.2 Å². The minimum absolute atomic E-state index is 0.224. The van der Waals surface area contributed by atoms with Crippen molar-refractivity contribution in [2.24, 2.45) is 0 Å². The SMILES string of the molecule is CC(C)(C)OC(=O)Cc1cccc(N2CCC3(CC2)NC(=O)NC3=O)c1. The van der Waals surface area contributed by atoms with Crippen LogP contribution in [0.1, 0.15) is 39.2 Å². The van der Waals surface area contributed by atoms with Gasteiger partial charge >= 0.3 is 12.0 Å². The van der Waals surface area contributed by atoms with Gasteiger partial charge in [-0.1, -0.05) is 12.1 Å². The largest absolute Gasteiger partial charge is 0.460 e. The van der Waals surface area contributed by atoms with Gasteiger partial charge in [-0.25, -0.2) is 4.79 Å². The lowest BCUT2D eigenvalue weighted by atomic mass is 9.87. The van der Waals surface area contributed by atoms with Crippen LogP contribution >= 0.6 is 0 Å². The predicted molar refractivity (Wildman–Crippen MR) is 96.8 cm³/mol. The number of piperidine rings is 1. The van der Waals surface area contributed by atoms with E-state index >= 15 is 0 Å². The van der Waals surface area contributed by atoms with Gasteiger partial charge in [0.25, 0.3) is 5.91 Å². The fraction of sp³-hybridized carbons (Fsp3) is 0.526. The van der Waals surface area contributed by atoms with E-state index in [1.54, 1.807) is 0 Å². The second kappa shape index (κ2) is 6.63. The second-order valence-corrected chi connectivity index (χ2v) is 7.91. The maximum absolute atomic E-state index is 12.0. The van der Waals surface area contributed by atoms with Gasteiger partial charge in [-0.15, -0.1) is 0 Å². The van der Waals surface area contributed by atoms with Crippen LogP contribution in [-0.4, -0.2) is 42.1 Å². The van der Waals surface area contributed by atoms with Crippen molar-refractivity contribution in [2.45, 2.75) is 51.2 Å². The van der Waals surface area contributed by atoms with E-state index in [0.717, 1.165) is 11.3 Å². The maximum atomic E-state index is 12.0. The highest BCUT2D eigenvalue weighted by molar-refractivity contribution is 6.07. The Morgan fingerprint density at radius 3 is 2.50 bits per heavy atom. The van der Waals surface area contributed by atoms with Gasteiger partial charge in [0.1, 0.15) is 11.1 Å². The number of imide groups is 1. The molecule has 0 atom stereocenters. The fourth-order valence-corrected chi connectivity index (χ4v) is 3.43. The number of nitrogens with one attached hydrogen (secondary N) is 2. The van der Waals surface area contributed by atoms with Crippen molar-refractivity contribution in [3.05, 3.63) is 29.8 Å². The molecule has 2 saturated heterocycles. The standard InChI is InChI=1S/C19H25N3O4/c1-18(2,3)26-15(23)12-13-5-4-6-14(11-13)22-9-7-19(8-10-22)16(24)20-17(25)21-19/h4-6,11H,7-10,12H2,1-3H3,(H2,20,21,24,25). The highest BCUT2D eigenvalue weighted by atomic mass is 16.6. The van der Waals surface area contributed by atoms with Crippen LogP contribution in [0.25, 0.3) is 0 Å². The van der Waals surface area contributed by atoms with Gasteiger partial charge < -0.3 is 15.0 Å². The Bertz CT molecular complexity index is 731. The Balaban J connectivity index is 1.63. The third-order valence-electron chi connectivity index (χ3n) is 4.68. The molecule has 0 unspecified atom stereocenters. The highest BCUT2D eigenvalue weighted by Crippen LogP contribution is 2.29. The Morgan fingerprint density at radius 1 is 1.23 bits per heavy atom. The number of esters is 1. The minimum atomic E-state index is -0.776. The number of ether oxygens (including phenoxy) is 1. The van der Waals surface area contributed by atoms with Crippen LogP contribution in [0.4, 0.5) is 10.5 Å². The molecule has 0 radical (unpaired) electrons. The molecule has 7 heteroatoms. The van der Waals surface area contributed by atoms with Crippen LogP contribution in [0.15, 0.2) is 24.3 Å². The average Bonchev–Trinajstić information content (AvgIpc) is 2.80. The second-order valence-electron chi connectivity index (χ2n) is 7.91. The molecule has 2 N–H and O–H groups in total. The molecule has 0 saturated carbocycles. The van der Waals surface area contributed by atoms with Crippen molar-refractivity contribution in [1.29, 1.82) is 0 Å². The molecule has 0 aromatic heterocycles. The topological polar surface area (TPSA) is 87.7 Å². The van der Waals surface area contributed by atoms with Crippen molar-refractivity contribution >= 4 is 23.6 Å². The van der Waals surface area contributed by atoms with E-state index in [4.69, 9.17) is 4.74 Å². The summed E-state index contributed by atoms with van der Waals surface area (Å²) in [6, 6.07) is 7.38. The van der Waals surface area contributed by atoms with Crippen molar-refractivity contribution in [1.82, 2.24) is 10.6 Å². The van der Waals surface area contributed by atoms with Gasteiger partial charge in [-0.3, -0.25) is 14.9 Å². The van der Waals surface area contributed by atoms with E-state index in [-0.39, 0.29) is 18.3 Å². The molecular formula is C19H25N3O4. The van der Waals surface area contributed by atoms with Crippen molar-refractivity contribution < 1.29 is 19.1 Å². The number of anilines is 1. The lowest BCUT2D eigenvalue weighted by Gasteiger charge is -2.38. The summed E-state index contributed by atoms with van der Waals surface area (Å²) < 4.78 is 5.38. The molecule has 2 aliphatic rings.